The lowest BCUT2D eigenvalue weighted by Crippen LogP contribution is -2.17. The highest BCUT2D eigenvalue weighted by Gasteiger charge is 2.32. The molecule has 2 aromatic carbocycles. The molecular weight excluding hydrogens is 309 g/mol. The van der Waals surface area contributed by atoms with E-state index in [-0.39, 0.29) is 17.2 Å². The van der Waals surface area contributed by atoms with Gasteiger partial charge in [-0.25, -0.2) is 8.78 Å². The zero-order valence-corrected chi connectivity index (χ0v) is 10.9. The molecule has 0 aromatic heterocycles. The lowest BCUT2D eigenvalue weighted by molar-refractivity contribution is -0.275. The monoisotopic (exact) mass is 319 g/mol. The minimum Gasteiger partial charge on any atom is -0.453 e. The van der Waals surface area contributed by atoms with E-state index >= 15 is 0 Å². The van der Waals surface area contributed by atoms with Gasteiger partial charge in [0.25, 0.3) is 6.43 Å². The number of benzene rings is 2. The number of nitrogen functional groups attached to an aromatic ring is 1. The molecule has 2 rings (SSSR count). The van der Waals surface area contributed by atoms with E-state index in [1.807, 2.05) is 0 Å². The van der Waals surface area contributed by atoms with Crippen molar-refractivity contribution in [2.24, 2.45) is 0 Å². The highest BCUT2D eigenvalue weighted by atomic mass is 19.4. The number of ether oxygens (including phenoxy) is 2. The van der Waals surface area contributed by atoms with Crippen molar-refractivity contribution in [1.82, 2.24) is 0 Å². The summed E-state index contributed by atoms with van der Waals surface area (Å²) in [4.78, 5) is 0. The molecule has 0 aliphatic heterocycles. The van der Waals surface area contributed by atoms with Crippen LogP contribution in [-0.4, -0.2) is 6.36 Å². The van der Waals surface area contributed by atoms with Gasteiger partial charge in [0.1, 0.15) is 5.75 Å². The van der Waals surface area contributed by atoms with Crippen molar-refractivity contribution in [2.45, 2.75) is 12.8 Å². The summed E-state index contributed by atoms with van der Waals surface area (Å²) in [6.45, 7) is 0. The van der Waals surface area contributed by atoms with Crippen LogP contribution in [-0.2, 0) is 0 Å². The van der Waals surface area contributed by atoms with Crippen LogP contribution in [0.2, 0.25) is 0 Å². The Morgan fingerprint density at radius 3 is 2.14 bits per heavy atom. The predicted octanol–water partition coefficient (Wildman–Crippen LogP) is 4.90. The Hall–Kier alpha value is -2.51. The van der Waals surface area contributed by atoms with E-state index in [2.05, 4.69) is 4.74 Å². The van der Waals surface area contributed by atoms with Gasteiger partial charge in [0.15, 0.2) is 11.5 Å². The maximum Gasteiger partial charge on any atom is 0.573 e. The zero-order valence-electron chi connectivity index (χ0n) is 10.9. The van der Waals surface area contributed by atoms with Crippen molar-refractivity contribution < 1.29 is 31.4 Å². The minimum absolute atomic E-state index is 0.0856. The normalized spacial score (nSPS) is 11.5. The fourth-order valence-electron chi connectivity index (χ4n) is 1.69. The van der Waals surface area contributed by atoms with Crippen LogP contribution in [0.25, 0.3) is 0 Å². The first-order valence-corrected chi connectivity index (χ1v) is 5.96. The Kier molecular flexibility index (Phi) is 4.39. The molecule has 2 aromatic rings. The lowest BCUT2D eigenvalue weighted by Gasteiger charge is -2.15. The molecule has 2 N–H and O–H groups in total. The third kappa shape index (κ3) is 4.00. The van der Waals surface area contributed by atoms with E-state index in [1.165, 1.54) is 24.3 Å². The highest BCUT2D eigenvalue weighted by molar-refractivity contribution is 5.51. The van der Waals surface area contributed by atoms with Crippen molar-refractivity contribution in [1.29, 1.82) is 0 Å². The molecule has 0 aliphatic rings. The molecule has 0 spiro atoms. The molecule has 118 valence electrons. The number of hydrogen-bond donors (Lipinski definition) is 1. The summed E-state index contributed by atoms with van der Waals surface area (Å²) < 4.78 is 71.7. The molecule has 0 amide bonds. The standard InChI is InChI=1S/C14H10F5NO2/c15-13(16)9-7-8(20)5-6-10(9)21-11-3-1-2-4-12(11)22-14(17,18)19/h1-7,13H,20H2. The number of alkyl halides is 5. The quantitative estimate of drug-likeness (QED) is 0.644. The summed E-state index contributed by atoms with van der Waals surface area (Å²) in [5.41, 5.74) is 4.97. The minimum atomic E-state index is -4.92. The topological polar surface area (TPSA) is 44.5 Å². The van der Waals surface area contributed by atoms with Crippen LogP contribution in [0.1, 0.15) is 12.0 Å². The van der Waals surface area contributed by atoms with E-state index in [1.54, 1.807) is 0 Å². The summed E-state index contributed by atoms with van der Waals surface area (Å²) in [5, 5.41) is 0. The summed E-state index contributed by atoms with van der Waals surface area (Å²) in [6, 6.07) is 8.32. The van der Waals surface area contributed by atoms with E-state index in [0.717, 1.165) is 18.2 Å². The SMILES string of the molecule is Nc1ccc(Oc2ccccc2OC(F)(F)F)c(C(F)F)c1. The maximum absolute atomic E-state index is 12.9. The average Bonchev–Trinajstić information content (AvgIpc) is 2.41. The van der Waals surface area contributed by atoms with E-state index in [4.69, 9.17) is 10.5 Å². The van der Waals surface area contributed by atoms with Crippen LogP contribution in [0, 0.1) is 0 Å². The molecule has 0 heterocycles. The number of rotatable bonds is 4. The molecule has 0 aliphatic carbocycles. The Morgan fingerprint density at radius 2 is 1.55 bits per heavy atom. The lowest BCUT2D eigenvalue weighted by atomic mass is 10.2. The van der Waals surface area contributed by atoms with Crippen molar-refractivity contribution >= 4 is 5.69 Å². The molecule has 0 saturated carbocycles. The van der Waals surface area contributed by atoms with Gasteiger partial charge in [0.05, 0.1) is 5.56 Å². The van der Waals surface area contributed by atoms with Crippen LogP contribution in [0.5, 0.6) is 17.2 Å². The van der Waals surface area contributed by atoms with Crippen LogP contribution < -0.4 is 15.2 Å². The first-order chi connectivity index (χ1) is 10.3. The first kappa shape index (κ1) is 15.9. The summed E-state index contributed by atoms with van der Waals surface area (Å²) in [7, 11) is 0. The van der Waals surface area contributed by atoms with Gasteiger partial charge >= 0.3 is 6.36 Å². The number of nitrogens with two attached hydrogens (primary N) is 1. The Morgan fingerprint density at radius 1 is 0.909 bits per heavy atom. The molecule has 8 heteroatoms. The molecule has 0 bridgehead atoms. The van der Waals surface area contributed by atoms with Crippen LogP contribution in [0.15, 0.2) is 42.5 Å². The second-order valence-corrected chi connectivity index (χ2v) is 4.19. The fourth-order valence-corrected chi connectivity index (χ4v) is 1.69. The van der Waals surface area contributed by atoms with E-state index in [0.29, 0.717) is 0 Å². The van der Waals surface area contributed by atoms with Gasteiger partial charge in [-0.05, 0) is 30.3 Å². The molecular formula is C14H10F5NO2. The average molecular weight is 319 g/mol. The molecule has 22 heavy (non-hydrogen) atoms. The van der Waals surface area contributed by atoms with Gasteiger partial charge < -0.3 is 15.2 Å². The number of halogens is 5. The van der Waals surface area contributed by atoms with Gasteiger partial charge in [-0.3, -0.25) is 0 Å². The van der Waals surface area contributed by atoms with E-state index in [9.17, 15) is 22.0 Å². The summed E-state index contributed by atoms with van der Waals surface area (Å²) in [5.74, 6) is -1.28. The van der Waals surface area contributed by atoms with Gasteiger partial charge in [-0.1, -0.05) is 12.1 Å². The largest absolute Gasteiger partial charge is 0.573 e. The number of anilines is 1. The second-order valence-electron chi connectivity index (χ2n) is 4.19. The van der Waals surface area contributed by atoms with Crippen LogP contribution in [0.4, 0.5) is 27.6 Å². The van der Waals surface area contributed by atoms with Gasteiger partial charge in [0.2, 0.25) is 0 Å². The predicted molar refractivity (Wildman–Crippen MR) is 69.0 cm³/mol. The Bertz CT molecular complexity index is 658. The van der Waals surface area contributed by atoms with Crippen molar-refractivity contribution in [3.05, 3.63) is 48.0 Å². The first-order valence-electron chi connectivity index (χ1n) is 5.96. The van der Waals surface area contributed by atoms with Crippen molar-refractivity contribution in [3.8, 4) is 17.2 Å². The number of hydrogen-bond acceptors (Lipinski definition) is 3. The van der Waals surface area contributed by atoms with Crippen molar-refractivity contribution in [3.63, 3.8) is 0 Å². The van der Waals surface area contributed by atoms with Crippen molar-refractivity contribution in [2.75, 3.05) is 5.73 Å². The molecule has 0 radical (unpaired) electrons. The van der Waals surface area contributed by atoms with Gasteiger partial charge in [-0.2, -0.15) is 0 Å². The summed E-state index contributed by atoms with van der Waals surface area (Å²) >= 11 is 0. The Balaban J connectivity index is 2.36. The number of para-hydroxylation sites is 2. The molecule has 0 atom stereocenters. The van der Waals surface area contributed by atoms with Crippen LogP contribution >= 0.6 is 0 Å². The smallest absolute Gasteiger partial charge is 0.453 e. The summed E-state index contributed by atoms with van der Waals surface area (Å²) in [6.07, 6.45) is -7.82. The fraction of sp³-hybridized carbons (Fsp3) is 0.143. The molecule has 3 nitrogen and oxygen atoms in total. The molecule has 0 fully saturated rings. The second kappa shape index (κ2) is 6.08. The zero-order chi connectivity index (χ0) is 16.3. The van der Waals surface area contributed by atoms with Crippen LogP contribution in [0.3, 0.4) is 0 Å². The van der Waals surface area contributed by atoms with E-state index < -0.39 is 24.1 Å². The van der Waals surface area contributed by atoms with Gasteiger partial charge in [0, 0.05) is 5.69 Å². The van der Waals surface area contributed by atoms with Gasteiger partial charge in [-0.15, -0.1) is 13.2 Å². The maximum atomic E-state index is 12.9. The third-order valence-electron chi connectivity index (χ3n) is 2.56. The Labute approximate surface area is 122 Å². The molecule has 0 saturated heterocycles. The third-order valence-corrected chi connectivity index (χ3v) is 2.56. The molecule has 0 unspecified atom stereocenters. The highest BCUT2D eigenvalue weighted by Crippen LogP contribution is 2.38.